The van der Waals surface area contributed by atoms with Gasteiger partial charge >= 0.3 is 0 Å². The van der Waals surface area contributed by atoms with Gasteiger partial charge in [-0.1, -0.05) is 18.9 Å². The van der Waals surface area contributed by atoms with Gasteiger partial charge in [-0.2, -0.15) is 0 Å². The van der Waals surface area contributed by atoms with Gasteiger partial charge in [0, 0.05) is 12.5 Å². The van der Waals surface area contributed by atoms with Crippen LogP contribution in [0.2, 0.25) is 0 Å². The molecule has 3 N–H and O–H groups in total. The van der Waals surface area contributed by atoms with Crippen molar-refractivity contribution in [3.05, 3.63) is 12.3 Å². The summed E-state index contributed by atoms with van der Waals surface area (Å²) >= 11 is 0. The molecule has 3 nitrogen and oxygen atoms in total. The Morgan fingerprint density at radius 2 is 2.08 bits per heavy atom. The predicted octanol–water partition coefficient (Wildman–Crippen LogP) is 0.950. The van der Waals surface area contributed by atoms with Gasteiger partial charge in [-0.25, -0.2) is 0 Å². The fourth-order valence-corrected chi connectivity index (χ4v) is 1.48. The van der Waals surface area contributed by atoms with Crippen LogP contribution < -0.4 is 11.1 Å². The van der Waals surface area contributed by atoms with E-state index < -0.39 is 0 Å². The van der Waals surface area contributed by atoms with Crippen LogP contribution in [0.25, 0.3) is 0 Å². The zero-order valence-electron chi connectivity index (χ0n) is 7.96. The Morgan fingerprint density at radius 1 is 1.38 bits per heavy atom. The fourth-order valence-electron chi connectivity index (χ4n) is 1.48. The minimum absolute atomic E-state index is 0.266. The van der Waals surface area contributed by atoms with E-state index in [2.05, 4.69) is 5.32 Å². The molecule has 0 radical (unpaired) electrons. The summed E-state index contributed by atoms with van der Waals surface area (Å²) in [5.74, 6) is 0.266. The molecule has 13 heavy (non-hydrogen) atoms. The zero-order valence-corrected chi connectivity index (χ0v) is 7.96. The van der Waals surface area contributed by atoms with E-state index in [1.807, 2.05) is 6.08 Å². The maximum Gasteiger partial charge on any atom is 0.155 e. The van der Waals surface area contributed by atoms with E-state index >= 15 is 0 Å². The minimum Gasteiger partial charge on any atom is -0.384 e. The standard InChI is InChI=1S/C5H7NO.C5H11N/c7-5-2-1-3-6-4-5;6-5-3-1-2-4-5/h1,3,6H,2,4H2;5H,1-4,6H2. The molecule has 1 fully saturated rings. The molecule has 1 aliphatic heterocycles. The summed E-state index contributed by atoms with van der Waals surface area (Å²) in [7, 11) is 0. The van der Waals surface area contributed by atoms with E-state index in [1.54, 1.807) is 6.20 Å². The van der Waals surface area contributed by atoms with Crippen molar-refractivity contribution in [3.8, 4) is 0 Å². The van der Waals surface area contributed by atoms with Crippen molar-refractivity contribution in [1.29, 1.82) is 0 Å². The second-order valence-electron chi connectivity index (χ2n) is 3.57. The molecule has 1 heterocycles. The van der Waals surface area contributed by atoms with Crippen molar-refractivity contribution >= 4 is 5.78 Å². The highest BCUT2D eigenvalue weighted by Gasteiger charge is 2.07. The third kappa shape index (κ3) is 4.68. The number of ketones is 1. The number of allylic oxidation sites excluding steroid dienone is 1. The molecule has 1 saturated carbocycles. The molecule has 74 valence electrons. The number of carbonyl (C=O) groups excluding carboxylic acids is 1. The SMILES string of the molecule is NC1CCCC1.O=C1CC=CNC1. The average molecular weight is 182 g/mol. The highest BCUT2D eigenvalue weighted by molar-refractivity contribution is 5.82. The van der Waals surface area contributed by atoms with E-state index in [1.165, 1.54) is 25.7 Å². The van der Waals surface area contributed by atoms with Gasteiger partial charge in [-0.05, 0) is 19.0 Å². The summed E-state index contributed by atoms with van der Waals surface area (Å²) in [5, 5.41) is 2.80. The Bertz CT molecular complexity index is 183. The molecule has 2 aliphatic rings. The number of hydrogen-bond donors (Lipinski definition) is 2. The molecule has 0 saturated heterocycles. The van der Waals surface area contributed by atoms with E-state index in [-0.39, 0.29) is 5.78 Å². The first-order valence-electron chi connectivity index (χ1n) is 4.94. The van der Waals surface area contributed by atoms with Gasteiger partial charge in [0.2, 0.25) is 0 Å². The van der Waals surface area contributed by atoms with E-state index in [0.29, 0.717) is 19.0 Å². The summed E-state index contributed by atoms with van der Waals surface area (Å²) < 4.78 is 0. The molecular formula is C10H18N2O. The van der Waals surface area contributed by atoms with Crippen LogP contribution in [0.5, 0.6) is 0 Å². The zero-order chi connectivity index (χ0) is 9.52. The molecule has 0 unspecified atom stereocenters. The van der Waals surface area contributed by atoms with Crippen molar-refractivity contribution in [1.82, 2.24) is 5.32 Å². The first kappa shape index (κ1) is 10.3. The molecule has 0 aromatic rings. The Balaban J connectivity index is 0.000000132. The van der Waals surface area contributed by atoms with Gasteiger partial charge in [-0.15, -0.1) is 0 Å². The van der Waals surface area contributed by atoms with Crippen LogP contribution in [-0.4, -0.2) is 18.4 Å². The molecule has 3 heteroatoms. The largest absolute Gasteiger partial charge is 0.384 e. The summed E-state index contributed by atoms with van der Waals surface area (Å²) in [6.45, 7) is 0.510. The normalized spacial score (nSPS) is 22.1. The van der Waals surface area contributed by atoms with Crippen molar-refractivity contribution in [3.63, 3.8) is 0 Å². The van der Waals surface area contributed by atoms with E-state index in [9.17, 15) is 4.79 Å². The molecule has 0 atom stereocenters. The predicted molar refractivity (Wildman–Crippen MR) is 53.2 cm³/mol. The Morgan fingerprint density at radius 3 is 2.31 bits per heavy atom. The molecule has 0 aromatic heterocycles. The highest BCUT2D eigenvalue weighted by Crippen LogP contribution is 2.14. The number of carbonyl (C=O) groups is 1. The van der Waals surface area contributed by atoms with Crippen molar-refractivity contribution in [2.75, 3.05) is 6.54 Å². The lowest BCUT2D eigenvalue weighted by atomic mass is 10.2. The first-order valence-corrected chi connectivity index (χ1v) is 4.94. The van der Waals surface area contributed by atoms with Crippen LogP contribution in [0.15, 0.2) is 12.3 Å². The third-order valence-electron chi connectivity index (χ3n) is 2.28. The quantitative estimate of drug-likeness (QED) is 0.586. The van der Waals surface area contributed by atoms with E-state index in [0.717, 1.165) is 0 Å². The lowest BCUT2D eigenvalue weighted by Crippen LogP contribution is -2.20. The molecule has 1 aliphatic carbocycles. The lowest BCUT2D eigenvalue weighted by molar-refractivity contribution is -0.117. The number of Topliss-reactive ketones (excluding diaryl/α,β-unsaturated/α-hetero) is 1. The van der Waals surface area contributed by atoms with Crippen molar-refractivity contribution < 1.29 is 4.79 Å². The number of nitrogens with one attached hydrogen (secondary N) is 1. The second kappa shape index (κ2) is 5.75. The Labute approximate surface area is 79.4 Å². The minimum atomic E-state index is 0.266. The van der Waals surface area contributed by atoms with Crippen LogP contribution in [0.1, 0.15) is 32.1 Å². The first-order chi connectivity index (χ1) is 6.29. The monoisotopic (exact) mass is 182 g/mol. The van der Waals surface area contributed by atoms with Crippen LogP contribution in [0.3, 0.4) is 0 Å². The van der Waals surface area contributed by atoms with Crippen molar-refractivity contribution in [2.24, 2.45) is 5.73 Å². The summed E-state index contributed by atoms with van der Waals surface area (Å²) in [6, 6.07) is 0.546. The molecular weight excluding hydrogens is 164 g/mol. The molecule has 0 spiro atoms. The smallest absolute Gasteiger partial charge is 0.155 e. The molecule has 0 bridgehead atoms. The Hall–Kier alpha value is -0.830. The number of rotatable bonds is 0. The lowest BCUT2D eigenvalue weighted by Gasteiger charge is -2.01. The number of nitrogens with two attached hydrogens (primary N) is 1. The molecule has 0 amide bonds. The van der Waals surface area contributed by atoms with Gasteiger partial charge in [0.1, 0.15) is 0 Å². The number of hydrogen-bond acceptors (Lipinski definition) is 3. The van der Waals surface area contributed by atoms with Crippen LogP contribution in [0.4, 0.5) is 0 Å². The highest BCUT2D eigenvalue weighted by atomic mass is 16.1. The topological polar surface area (TPSA) is 55.1 Å². The van der Waals surface area contributed by atoms with Gasteiger partial charge in [0.15, 0.2) is 5.78 Å². The molecule has 2 rings (SSSR count). The van der Waals surface area contributed by atoms with Crippen LogP contribution in [-0.2, 0) is 4.79 Å². The Kier molecular flexibility index (Phi) is 4.54. The second-order valence-corrected chi connectivity index (χ2v) is 3.57. The van der Waals surface area contributed by atoms with Gasteiger partial charge in [0.25, 0.3) is 0 Å². The summed E-state index contributed by atoms with van der Waals surface area (Å²) in [5.41, 5.74) is 5.53. The third-order valence-corrected chi connectivity index (χ3v) is 2.28. The summed E-state index contributed by atoms with van der Waals surface area (Å²) in [6.07, 6.45) is 9.49. The van der Waals surface area contributed by atoms with Gasteiger partial charge in [0.05, 0.1) is 6.54 Å². The van der Waals surface area contributed by atoms with Crippen LogP contribution >= 0.6 is 0 Å². The fraction of sp³-hybridized carbons (Fsp3) is 0.700. The van der Waals surface area contributed by atoms with Crippen LogP contribution in [0, 0.1) is 0 Å². The van der Waals surface area contributed by atoms with Gasteiger partial charge < -0.3 is 11.1 Å². The molecule has 0 aromatic carbocycles. The van der Waals surface area contributed by atoms with Crippen molar-refractivity contribution in [2.45, 2.75) is 38.1 Å². The maximum atomic E-state index is 10.3. The average Bonchev–Trinajstić information content (AvgIpc) is 2.58. The summed E-state index contributed by atoms with van der Waals surface area (Å²) in [4.78, 5) is 10.3. The van der Waals surface area contributed by atoms with Gasteiger partial charge in [-0.3, -0.25) is 4.79 Å². The van der Waals surface area contributed by atoms with E-state index in [4.69, 9.17) is 5.73 Å². The maximum absolute atomic E-state index is 10.3.